The van der Waals surface area contributed by atoms with Gasteiger partial charge in [0, 0.05) is 38.6 Å². The lowest BCUT2D eigenvalue weighted by Gasteiger charge is -2.37. The molecule has 2 aliphatic rings. The molecule has 0 aliphatic carbocycles. The highest BCUT2D eigenvalue weighted by Crippen LogP contribution is 2.42. The van der Waals surface area contributed by atoms with Crippen LogP contribution in [0.25, 0.3) is 10.9 Å². The van der Waals surface area contributed by atoms with Crippen molar-refractivity contribution in [2.24, 2.45) is 0 Å². The largest absolute Gasteiger partial charge is 0.487 e. The summed E-state index contributed by atoms with van der Waals surface area (Å²) in [6.07, 6.45) is 3.11. The van der Waals surface area contributed by atoms with E-state index in [4.69, 9.17) is 4.74 Å². The van der Waals surface area contributed by atoms with Gasteiger partial charge >= 0.3 is 0 Å². The zero-order chi connectivity index (χ0) is 23.1. The molecule has 0 spiro atoms. The summed E-state index contributed by atoms with van der Waals surface area (Å²) in [7, 11) is 2.03. The van der Waals surface area contributed by atoms with Gasteiger partial charge in [0.1, 0.15) is 23.7 Å². The third kappa shape index (κ3) is 3.76. The molecule has 9 nitrogen and oxygen atoms in total. The van der Waals surface area contributed by atoms with Gasteiger partial charge in [-0.25, -0.2) is 9.37 Å². The van der Waals surface area contributed by atoms with Crippen molar-refractivity contribution < 1.29 is 13.9 Å². The van der Waals surface area contributed by atoms with Crippen LogP contribution in [0.15, 0.2) is 41.5 Å². The Morgan fingerprint density at radius 2 is 2.03 bits per heavy atom. The van der Waals surface area contributed by atoms with E-state index in [1.54, 1.807) is 24.4 Å². The normalized spacial score (nSPS) is 18.2. The average molecular weight is 452 g/mol. The number of pyridine rings is 2. The van der Waals surface area contributed by atoms with Gasteiger partial charge in [0.2, 0.25) is 5.43 Å². The van der Waals surface area contributed by atoms with Crippen LogP contribution in [0.3, 0.4) is 0 Å². The van der Waals surface area contributed by atoms with Crippen molar-refractivity contribution in [1.29, 1.82) is 0 Å². The predicted octanol–water partition coefficient (Wildman–Crippen LogP) is 2.00. The molecule has 2 aromatic heterocycles. The van der Waals surface area contributed by atoms with Crippen molar-refractivity contribution in [2.45, 2.75) is 13.0 Å². The van der Waals surface area contributed by atoms with E-state index >= 15 is 4.39 Å². The van der Waals surface area contributed by atoms with E-state index in [1.807, 2.05) is 23.4 Å². The van der Waals surface area contributed by atoms with Crippen LogP contribution in [0, 0.1) is 5.82 Å². The number of hydrazine groups is 1. The number of amides is 1. The van der Waals surface area contributed by atoms with E-state index < -0.39 is 17.2 Å². The van der Waals surface area contributed by atoms with Gasteiger partial charge in [-0.2, -0.15) is 0 Å². The molecule has 3 aromatic rings. The molecule has 1 atom stereocenters. The topological polar surface area (TPSA) is 91.7 Å². The number of hydrogen-bond acceptors (Lipinski definition) is 7. The molecule has 172 valence electrons. The zero-order valence-corrected chi connectivity index (χ0v) is 18.5. The third-order valence-corrected chi connectivity index (χ3v) is 6.18. The number of piperazine rings is 1. The highest BCUT2D eigenvalue weighted by Gasteiger charge is 2.31. The van der Waals surface area contributed by atoms with Gasteiger partial charge in [-0.3, -0.25) is 20.4 Å². The molecule has 5 rings (SSSR count). The number of hydrogen-bond donors (Lipinski definition) is 2. The molecule has 0 radical (unpaired) electrons. The first kappa shape index (κ1) is 21.2. The molecule has 1 fully saturated rings. The van der Waals surface area contributed by atoms with Crippen molar-refractivity contribution in [1.82, 2.24) is 19.9 Å². The van der Waals surface area contributed by atoms with E-state index in [0.717, 1.165) is 13.1 Å². The molecule has 2 N–H and O–H groups in total. The van der Waals surface area contributed by atoms with E-state index in [2.05, 4.69) is 20.7 Å². The lowest BCUT2D eigenvalue weighted by molar-refractivity contribution is 0.0960. The number of halogens is 1. The summed E-state index contributed by atoms with van der Waals surface area (Å²) < 4.78 is 23.2. The minimum absolute atomic E-state index is 0.0858. The summed E-state index contributed by atoms with van der Waals surface area (Å²) in [4.78, 5) is 34.3. The first-order valence-electron chi connectivity index (χ1n) is 10.9. The average Bonchev–Trinajstić information content (AvgIpc) is 2.82. The Morgan fingerprint density at radius 3 is 2.76 bits per heavy atom. The number of likely N-dealkylation sites (N-methyl/N-ethyl adjacent to an activating group) is 1. The molecule has 33 heavy (non-hydrogen) atoms. The first-order chi connectivity index (χ1) is 15.9. The monoisotopic (exact) mass is 452 g/mol. The van der Waals surface area contributed by atoms with Crippen molar-refractivity contribution in [3.8, 4) is 5.75 Å². The fourth-order valence-corrected chi connectivity index (χ4v) is 4.32. The van der Waals surface area contributed by atoms with Crippen LogP contribution in [0.5, 0.6) is 5.75 Å². The summed E-state index contributed by atoms with van der Waals surface area (Å²) in [5.74, 6) is -0.354. The number of nitrogens with zero attached hydrogens (tertiary/aromatic N) is 4. The smallest absolute Gasteiger partial charge is 0.275 e. The van der Waals surface area contributed by atoms with Gasteiger partial charge in [-0.15, -0.1) is 0 Å². The number of ether oxygens (including phenoxy) is 1. The van der Waals surface area contributed by atoms with Crippen LogP contribution in [0.4, 0.5) is 15.9 Å². The molecule has 1 amide bonds. The number of aromatic nitrogens is 2. The maximum atomic E-state index is 15.4. The lowest BCUT2D eigenvalue weighted by atomic mass is 10.0. The minimum atomic E-state index is -0.625. The molecule has 1 saturated heterocycles. The van der Waals surface area contributed by atoms with Gasteiger partial charge in [0.15, 0.2) is 11.6 Å². The fourth-order valence-electron chi connectivity index (χ4n) is 4.32. The minimum Gasteiger partial charge on any atom is -0.487 e. The molecule has 2 aliphatic heterocycles. The van der Waals surface area contributed by atoms with Crippen molar-refractivity contribution in [3.05, 3.63) is 58.3 Å². The second kappa shape index (κ2) is 8.36. The highest BCUT2D eigenvalue weighted by atomic mass is 19.1. The van der Waals surface area contributed by atoms with Crippen LogP contribution in [0.2, 0.25) is 0 Å². The zero-order valence-electron chi connectivity index (χ0n) is 18.5. The van der Waals surface area contributed by atoms with Gasteiger partial charge < -0.3 is 19.1 Å². The van der Waals surface area contributed by atoms with Gasteiger partial charge in [0.05, 0.1) is 16.9 Å². The maximum absolute atomic E-state index is 15.4. The fraction of sp³-hybridized carbons (Fsp3) is 0.348. The molecular weight excluding hydrogens is 427 g/mol. The van der Waals surface area contributed by atoms with E-state index in [-0.39, 0.29) is 17.0 Å². The molecule has 10 heteroatoms. The van der Waals surface area contributed by atoms with Crippen LogP contribution in [-0.2, 0) is 0 Å². The summed E-state index contributed by atoms with van der Waals surface area (Å²) in [6.45, 7) is 5.18. The van der Waals surface area contributed by atoms with Crippen molar-refractivity contribution >= 4 is 28.3 Å². The molecule has 0 bridgehead atoms. The number of carbonyl (C=O) groups is 1. The molecule has 1 unspecified atom stereocenters. The second-order valence-electron chi connectivity index (χ2n) is 8.46. The molecule has 1 aromatic carbocycles. The third-order valence-electron chi connectivity index (χ3n) is 6.18. The Kier molecular flexibility index (Phi) is 5.37. The number of nitrogens with one attached hydrogen (secondary N) is 2. The van der Waals surface area contributed by atoms with Crippen LogP contribution < -0.4 is 25.9 Å². The predicted molar refractivity (Wildman–Crippen MR) is 123 cm³/mol. The lowest BCUT2D eigenvalue weighted by Crippen LogP contribution is -2.45. The summed E-state index contributed by atoms with van der Waals surface area (Å²) in [5, 5.41) is 0.123. The van der Waals surface area contributed by atoms with E-state index in [1.165, 1.54) is 12.3 Å². The standard InChI is InChI=1S/C23H25FN6O3/c1-14-13-33-22-19-15(11-17(24)20(22)29-9-7-28(2)8-10-29)21(31)16(12-30(14)19)23(32)27-26-18-5-3-4-6-25-18/h3-6,11-12,14H,7-10,13H2,1-2H3,(H,25,26)(H,27,32). The van der Waals surface area contributed by atoms with Crippen molar-refractivity contribution in [2.75, 3.05) is 50.2 Å². The first-order valence-corrected chi connectivity index (χ1v) is 10.9. The number of carbonyl (C=O) groups excluding carboxylic acids is 1. The Labute approximate surface area is 189 Å². The maximum Gasteiger partial charge on any atom is 0.275 e. The Morgan fingerprint density at radius 1 is 1.24 bits per heavy atom. The summed E-state index contributed by atoms with van der Waals surface area (Å²) >= 11 is 0. The van der Waals surface area contributed by atoms with Crippen LogP contribution in [-0.4, -0.2) is 60.2 Å². The van der Waals surface area contributed by atoms with Gasteiger partial charge in [-0.1, -0.05) is 6.07 Å². The molecular formula is C23H25FN6O3. The van der Waals surface area contributed by atoms with E-state index in [9.17, 15) is 9.59 Å². The van der Waals surface area contributed by atoms with Crippen molar-refractivity contribution in [3.63, 3.8) is 0 Å². The summed E-state index contributed by atoms with van der Waals surface area (Å²) in [5.41, 5.74) is 5.45. The Balaban J connectivity index is 1.58. The molecule has 0 saturated carbocycles. The second-order valence-corrected chi connectivity index (χ2v) is 8.46. The van der Waals surface area contributed by atoms with Crippen LogP contribution in [0.1, 0.15) is 23.3 Å². The quantitative estimate of drug-likeness (QED) is 0.585. The van der Waals surface area contributed by atoms with E-state index in [0.29, 0.717) is 42.5 Å². The Hall–Kier alpha value is -3.66. The molecule has 4 heterocycles. The summed E-state index contributed by atoms with van der Waals surface area (Å²) in [6, 6.07) is 6.29. The number of benzene rings is 1. The Bertz CT molecular complexity index is 1270. The van der Waals surface area contributed by atoms with Crippen LogP contribution >= 0.6 is 0 Å². The van der Waals surface area contributed by atoms with Gasteiger partial charge in [-0.05, 0) is 32.2 Å². The number of rotatable bonds is 4. The highest BCUT2D eigenvalue weighted by molar-refractivity contribution is 6.00. The number of anilines is 2. The van der Waals surface area contributed by atoms with Gasteiger partial charge in [0.25, 0.3) is 5.91 Å². The SMILES string of the molecule is CC1COc2c(N3CCN(C)CC3)c(F)cc3c(=O)c(C(=O)NNc4ccccn4)cn1c23.